The fourth-order valence-electron chi connectivity index (χ4n) is 1.35. The van der Waals surface area contributed by atoms with Crippen LogP contribution in [0.15, 0.2) is 0 Å². The summed E-state index contributed by atoms with van der Waals surface area (Å²) in [4.78, 5) is 0. The number of rotatable bonds is 6. The van der Waals surface area contributed by atoms with Gasteiger partial charge in [0.15, 0.2) is 0 Å². The van der Waals surface area contributed by atoms with E-state index < -0.39 is 0 Å². The van der Waals surface area contributed by atoms with Crippen molar-refractivity contribution < 1.29 is 0 Å². The monoisotopic (exact) mass is 174 g/mol. The van der Waals surface area contributed by atoms with E-state index in [0.717, 1.165) is 11.6 Å². The standard InChI is InChI=1S/C10H23P/c1-4-6-7-9(3)8-10(11)5-2/h9-10H,4-8,11H2,1-3H3. The molecule has 0 spiro atoms. The van der Waals surface area contributed by atoms with Crippen LogP contribution >= 0.6 is 9.24 Å². The van der Waals surface area contributed by atoms with E-state index in [-0.39, 0.29) is 0 Å². The molecule has 0 aliphatic heterocycles. The summed E-state index contributed by atoms with van der Waals surface area (Å²) in [7, 11) is 2.94. The summed E-state index contributed by atoms with van der Waals surface area (Å²) in [5, 5.41) is 0. The van der Waals surface area contributed by atoms with Crippen molar-refractivity contribution in [2.45, 2.75) is 58.5 Å². The van der Waals surface area contributed by atoms with Crippen LogP contribution in [0.2, 0.25) is 0 Å². The zero-order valence-corrected chi connectivity index (χ0v) is 9.42. The minimum absolute atomic E-state index is 0.849. The molecular formula is C10H23P. The van der Waals surface area contributed by atoms with Crippen LogP contribution < -0.4 is 0 Å². The smallest absolute Gasteiger partial charge is 0.0264 e. The number of unbranched alkanes of at least 4 members (excludes halogenated alkanes) is 1. The second-order valence-electron chi connectivity index (χ2n) is 3.65. The van der Waals surface area contributed by atoms with E-state index in [2.05, 4.69) is 30.0 Å². The maximum atomic E-state index is 2.94. The topological polar surface area (TPSA) is 0 Å². The Bertz CT molecular complexity index is 80.9. The van der Waals surface area contributed by atoms with Gasteiger partial charge in [-0.2, -0.15) is 0 Å². The van der Waals surface area contributed by atoms with E-state index >= 15 is 0 Å². The summed E-state index contributed by atoms with van der Waals surface area (Å²) in [6, 6.07) is 0. The quantitative estimate of drug-likeness (QED) is 0.536. The van der Waals surface area contributed by atoms with Crippen molar-refractivity contribution in [3.05, 3.63) is 0 Å². The van der Waals surface area contributed by atoms with Gasteiger partial charge in [-0.1, -0.05) is 40.0 Å². The lowest BCUT2D eigenvalue weighted by atomic mass is 9.98. The highest BCUT2D eigenvalue weighted by molar-refractivity contribution is 7.17. The van der Waals surface area contributed by atoms with Crippen LogP contribution in [-0.4, -0.2) is 5.66 Å². The summed E-state index contributed by atoms with van der Waals surface area (Å²) in [6.45, 7) is 6.91. The number of hydrogen-bond acceptors (Lipinski definition) is 0. The van der Waals surface area contributed by atoms with Crippen LogP contribution in [0.1, 0.15) is 52.9 Å². The molecule has 1 heteroatoms. The van der Waals surface area contributed by atoms with Crippen molar-refractivity contribution in [2.75, 3.05) is 0 Å². The van der Waals surface area contributed by atoms with Gasteiger partial charge in [-0.3, -0.25) is 0 Å². The highest BCUT2D eigenvalue weighted by Crippen LogP contribution is 2.20. The Morgan fingerprint density at radius 3 is 2.36 bits per heavy atom. The Hall–Kier alpha value is 0.430. The van der Waals surface area contributed by atoms with Gasteiger partial charge in [0.2, 0.25) is 0 Å². The molecule has 3 atom stereocenters. The molecule has 0 fully saturated rings. The predicted octanol–water partition coefficient (Wildman–Crippen LogP) is 3.86. The Morgan fingerprint density at radius 1 is 1.27 bits per heavy atom. The third-order valence-corrected chi connectivity index (χ3v) is 3.02. The molecule has 0 aliphatic rings. The highest BCUT2D eigenvalue weighted by atomic mass is 31.0. The molecule has 0 aromatic heterocycles. The fourth-order valence-corrected chi connectivity index (χ4v) is 1.82. The lowest BCUT2D eigenvalue weighted by Crippen LogP contribution is -2.03. The van der Waals surface area contributed by atoms with Gasteiger partial charge in [0.25, 0.3) is 0 Å². The van der Waals surface area contributed by atoms with E-state index in [0.29, 0.717) is 0 Å². The van der Waals surface area contributed by atoms with E-state index in [1.165, 1.54) is 32.1 Å². The molecule has 0 aromatic rings. The molecule has 3 unspecified atom stereocenters. The van der Waals surface area contributed by atoms with Gasteiger partial charge in [0, 0.05) is 0 Å². The molecule has 0 saturated heterocycles. The first kappa shape index (κ1) is 11.4. The molecular weight excluding hydrogens is 151 g/mol. The average Bonchev–Trinajstić information content (AvgIpc) is 2.00. The molecule has 0 aliphatic carbocycles. The molecule has 0 heterocycles. The highest BCUT2D eigenvalue weighted by Gasteiger charge is 2.05. The summed E-state index contributed by atoms with van der Waals surface area (Å²) in [6.07, 6.45) is 6.87. The van der Waals surface area contributed by atoms with Crippen molar-refractivity contribution in [1.82, 2.24) is 0 Å². The van der Waals surface area contributed by atoms with Crippen molar-refractivity contribution in [3.63, 3.8) is 0 Å². The van der Waals surface area contributed by atoms with Crippen molar-refractivity contribution in [2.24, 2.45) is 5.92 Å². The molecule has 0 N–H and O–H groups in total. The van der Waals surface area contributed by atoms with Gasteiger partial charge < -0.3 is 0 Å². The van der Waals surface area contributed by atoms with Gasteiger partial charge >= 0.3 is 0 Å². The second-order valence-corrected chi connectivity index (χ2v) is 4.59. The largest absolute Gasteiger partial charge is 0.134 e. The molecule has 0 saturated carbocycles. The summed E-state index contributed by atoms with van der Waals surface area (Å²) in [5.41, 5.74) is 0.849. The molecule has 0 bridgehead atoms. The Kier molecular flexibility index (Phi) is 7.38. The van der Waals surface area contributed by atoms with Gasteiger partial charge in [0.1, 0.15) is 0 Å². The van der Waals surface area contributed by atoms with Crippen molar-refractivity contribution in [3.8, 4) is 0 Å². The van der Waals surface area contributed by atoms with E-state index in [1.54, 1.807) is 0 Å². The Labute approximate surface area is 74.4 Å². The van der Waals surface area contributed by atoms with Crippen LogP contribution in [0.25, 0.3) is 0 Å². The third kappa shape index (κ3) is 6.81. The van der Waals surface area contributed by atoms with Gasteiger partial charge in [0.05, 0.1) is 0 Å². The first-order valence-electron chi connectivity index (χ1n) is 4.96. The van der Waals surface area contributed by atoms with Crippen LogP contribution in [0.4, 0.5) is 0 Å². The maximum Gasteiger partial charge on any atom is -0.0264 e. The lowest BCUT2D eigenvalue weighted by Gasteiger charge is -2.14. The van der Waals surface area contributed by atoms with E-state index in [1.807, 2.05) is 0 Å². The molecule has 0 amide bonds. The van der Waals surface area contributed by atoms with Gasteiger partial charge in [-0.05, 0) is 24.4 Å². The Morgan fingerprint density at radius 2 is 1.91 bits per heavy atom. The third-order valence-electron chi connectivity index (χ3n) is 2.28. The summed E-state index contributed by atoms with van der Waals surface area (Å²) < 4.78 is 0. The molecule has 0 aromatic carbocycles. The van der Waals surface area contributed by atoms with E-state index in [4.69, 9.17) is 0 Å². The van der Waals surface area contributed by atoms with Gasteiger partial charge in [-0.15, -0.1) is 9.24 Å². The first-order valence-corrected chi connectivity index (χ1v) is 5.62. The molecule has 0 radical (unpaired) electrons. The summed E-state index contributed by atoms with van der Waals surface area (Å²) >= 11 is 0. The van der Waals surface area contributed by atoms with Gasteiger partial charge in [-0.25, -0.2) is 0 Å². The van der Waals surface area contributed by atoms with Crippen molar-refractivity contribution in [1.29, 1.82) is 0 Å². The minimum Gasteiger partial charge on any atom is -0.134 e. The zero-order valence-electron chi connectivity index (χ0n) is 8.27. The van der Waals surface area contributed by atoms with Crippen LogP contribution in [0.5, 0.6) is 0 Å². The fraction of sp³-hybridized carbons (Fsp3) is 1.00. The predicted molar refractivity (Wildman–Crippen MR) is 57.1 cm³/mol. The van der Waals surface area contributed by atoms with Crippen LogP contribution in [0.3, 0.4) is 0 Å². The zero-order chi connectivity index (χ0) is 8.69. The molecule has 0 nitrogen and oxygen atoms in total. The normalized spacial score (nSPS) is 16.4. The average molecular weight is 174 g/mol. The minimum atomic E-state index is 0.849. The lowest BCUT2D eigenvalue weighted by molar-refractivity contribution is 0.460. The summed E-state index contributed by atoms with van der Waals surface area (Å²) in [5.74, 6) is 0.928. The molecule has 68 valence electrons. The SMILES string of the molecule is CCCCC(C)CC(P)CC. The van der Waals surface area contributed by atoms with Crippen LogP contribution in [0, 0.1) is 5.92 Å². The Balaban J connectivity index is 3.27. The molecule has 0 rings (SSSR count). The first-order chi connectivity index (χ1) is 5.20. The van der Waals surface area contributed by atoms with E-state index in [9.17, 15) is 0 Å². The maximum absolute atomic E-state index is 2.94. The molecule has 11 heavy (non-hydrogen) atoms. The number of hydrogen-bond donors (Lipinski definition) is 0. The second kappa shape index (κ2) is 7.10. The van der Waals surface area contributed by atoms with Crippen molar-refractivity contribution >= 4 is 9.24 Å². The van der Waals surface area contributed by atoms with Crippen LogP contribution in [-0.2, 0) is 0 Å².